The highest BCUT2D eigenvalue weighted by atomic mass is 16.2. The summed E-state index contributed by atoms with van der Waals surface area (Å²) in [6, 6.07) is 12.3. The van der Waals surface area contributed by atoms with Crippen LogP contribution in [0.3, 0.4) is 0 Å². The van der Waals surface area contributed by atoms with E-state index in [1.807, 2.05) is 30.9 Å². The maximum absolute atomic E-state index is 12.7. The maximum atomic E-state index is 12.7. The topological polar surface area (TPSA) is 36.4 Å². The van der Waals surface area contributed by atoms with Gasteiger partial charge in [-0.25, -0.2) is 0 Å². The van der Waals surface area contributed by atoms with Gasteiger partial charge < -0.3 is 4.90 Å². The van der Waals surface area contributed by atoms with E-state index in [1.165, 1.54) is 5.56 Å². The standard InChI is InChI=1S/C19H23N3O/c1-15-16(2)20-9-8-18(15)19(23)22-12-10-21(11-13-22)14-17-6-4-3-5-7-17/h3-9H,10-14H2,1-2H3. The predicted octanol–water partition coefficient (Wildman–Crippen LogP) is 2.66. The number of rotatable bonds is 3. The van der Waals surface area contributed by atoms with Crippen LogP contribution in [0.5, 0.6) is 0 Å². The highest BCUT2D eigenvalue weighted by Gasteiger charge is 2.23. The monoisotopic (exact) mass is 309 g/mol. The van der Waals surface area contributed by atoms with E-state index in [0.717, 1.165) is 49.5 Å². The van der Waals surface area contributed by atoms with Crippen molar-refractivity contribution in [2.24, 2.45) is 0 Å². The summed E-state index contributed by atoms with van der Waals surface area (Å²) in [7, 11) is 0. The normalized spacial score (nSPS) is 15.7. The lowest BCUT2D eigenvalue weighted by atomic mass is 10.1. The first-order chi connectivity index (χ1) is 11.1. The maximum Gasteiger partial charge on any atom is 0.254 e. The number of piperazine rings is 1. The van der Waals surface area contributed by atoms with Crippen LogP contribution in [0.2, 0.25) is 0 Å². The zero-order chi connectivity index (χ0) is 16.2. The Balaban J connectivity index is 1.60. The van der Waals surface area contributed by atoms with Crippen molar-refractivity contribution in [3.8, 4) is 0 Å². The molecule has 1 aliphatic heterocycles. The summed E-state index contributed by atoms with van der Waals surface area (Å²) in [5.41, 5.74) is 4.03. The summed E-state index contributed by atoms with van der Waals surface area (Å²) in [6.07, 6.45) is 1.72. The number of benzene rings is 1. The molecule has 4 nitrogen and oxygen atoms in total. The Bertz CT molecular complexity index is 676. The van der Waals surface area contributed by atoms with Crippen molar-refractivity contribution in [1.29, 1.82) is 0 Å². The number of carbonyl (C=O) groups is 1. The lowest BCUT2D eigenvalue weighted by Crippen LogP contribution is -2.48. The number of aromatic nitrogens is 1. The van der Waals surface area contributed by atoms with Gasteiger partial charge in [-0.1, -0.05) is 30.3 Å². The van der Waals surface area contributed by atoms with E-state index in [0.29, 0.717) is 0 Å². The van der Waals surface area contributed by atoms with Gasteiger partial charge in [0.2, 0.25) is 0 Å². The smallest absolute Gasteiger partial charge is 0.254 e. The second-order valence-corrected chi connectivity index (χ2v) is 6.12. The molecule has 4 heteroatoms. The number of carbonyl (C=O) groups excluding carboxylic acids is 1. The molecule has 0 unspecified atom stereocenters. The fraction of sp³-hybridized carbons (Fsp3) is 0.368. The van der Waals surface area contributed by atoms with Gasteiger partial charge in [-0.2, -0.15) is 0 Å². The molecule has 3 rings (SSSR count). The summed E-state index contributed by atoms with van der Waals surface area (Å²) >= 11 is 0. The zero-order valence-corrected chi connectivity index (χ0v) is 13.8. The van der Waals surface area contributed by atoms with Crippen molar-refractivity contribution in [3.63, 3.8) is 0 Å². The van der Waals surface area contributed by atoms with Crippen LogP contribution in [0, 0.1) is 13.8 Å². The molecule has 23 heavy (non-hydrogen) atoms. The van der Waals surface area contributed by atoms with Crippen LogP contribution in [0.25, 0.3) is 0 Å². The Kier molecular flexibility index (Phi) is 4.72. The molecule has 1 saturated heterocycles. The molecule has 1 amide bonds. The number of pyridine rings is 1. The van der Waals surface area contributed by atoms with Crippen LogP contribution < -0.4 is 0 Å². The van der Waals surface area contributed by atoms with Gasteiger partial charge in [-0.15, -0.1) is 0 Å². The highest BCUT2D eigenvalue weighted by molar-refractivity contribution is 5.95. The zero-order valence-electron chi connectivity index (χ0n) is 13.8. The van der Waals surface area contributed by atoms with Crippen LogP contribution >= 0.6 is 0 Å². The molecule has 0 radical (unpaired) electrons. The van der Waals surface area contributed by atoms with E-state index in [9.17, 15) is 4.79 Å². The minimum absolute atomic E-state index is 0.132. The van der Waals surface area contributed by atoms with Gasteiger partial charge >= 0.3 is 0 Å². The third kappa shape index (κ3) is 3.59. The van der Waals surface area contributed by atoms with Crippen molar-refractivity contribution in [2.45, 2.75) is 20.4 Å². The fourth-order valence-electron chi connectivity index (χ4n) is 2.99. The number of aryl methyl sites for hydroxylation is 1. The van der Waals surface area contributed by atoms with Crippen LogP contribution in [0.15, 0.2) is 42.6 Å². The van der Waals surface area contributed by atoms with E-state index >= 15 is 0 Å². The summed E-state index contributed by atoms with van der Waals surface area (Å²) < 4.78 is 0. The van der Waals surface area contributed by atoms with E-state index < -0.39 is 0 Å². The first-order valence-corrected chi connectivity index (χ1v) is 8.13. The molecule has 0 aliphatic carbocycles. The summed E-state index contributed by atoms with van der Waals surface area (Å²) in [6.45, 7) is 8.29. The van der Waals surface area contributed by atoms with Crippen molar-refractivity contribution >= 4 is 5.91 Å². The summed E-state index contributed by atoms with van der Waals surface area (Å²) in [5, 5.41) is 0. The molecule has 1 aliphatic rings. The Morgan fingerprint density at radius 3 is 2.43 bits per heavy atom. The molecule has 2 aromatic rings. The van der Waals surface area contributed by atoms with Crippen molar-refractivity contribution in [2.75, 3.05) is 26.2 Å². The Hall–Kier alpha value is -2.20. The Morgan fingerprint density at radius 1 is 1.04 bits per heavy atom. The number of nitrogens with zero attached hydrogens (tertiary/aromatic N) is 3. The quantitative estimate of drug-likeness (QED) is 0.874. The van der Waals surface area contributed by atoms with Gasteiger partial charge in [0.15, 0.2) is 0 Å². The first kappa shape index (κ1) is 15.7. The van der Waals surface area contributed by atoms with Crippen LogP contribution in [0.4, 0.5) is 0 Å². The molecule has 120 valence electrons. The number of hydrogen-bond donors (Lipinski definition) is 0. The molecule has 1 fully saturated rings. The Morgan fingerprint density at radius 2 is 1.74 bits per heavy atom. The summed E-state index contributed by atoms with van der Waals surface area (Å²) in [4.78, 5) is 21.3. The van der Waals surface area contributed by atoms with Gasteiger partial charge in [0.1, 0.15) is 0 Å². The van der Waals surface area contributed by atoms with E-state index in [4.69, 9.17) is 0 Å². The minimum Gasteiger partial charge on any atom is -0.336 e. The molecule has 0 spiro atoms. The van der Waals surface area contributed by atoms with E-state index in [2.05, 4.69) is 34.1 Å². The average Bonchev–Trinajstić information content (AvgIpc) is 2.58. The van der Waals surface area contributed by atoms with Gasteiger partial charge in [0, 0.05) is 50.2 Å². The third-order valence-corrected chi connectivity index (χ3v) is 4.60. The van der Waals surface area contributed by atoms with Gasteiger partial charge in [0.05, 0.1) is 0 Å². The molecule has 0 N–H and O–H groups in total. The Labute approximate surface area is 137 Å². The first-order valence-electron chi connectivity index (χ1n) is 8.13. The lowest BCUT2D eigenvalue weighted by Gasteiger charge is -2.35. The van der Waals surface area contributed by atoms with Gasteiger partial charge in [-0.3, -0.25) is 14.7 Å². The molecular formula is C19H23N3O. The van der Waals surface area contributed by atoms with Gasteiger partial charge in [-0.05, 0) is 31.0 Å². The van der Waals surface area contributed by atoms with Crippen molar-refractivity contribution in [3.05, 3.63) is 65.0 Å². The second-order valence-electron chi connectivity index (χ2n) is 6.12. The summed E-state index contributed by atoms with van der Waals surface area (Å²) in [5.74, 6) is 0.132. The number of amides is 1. The average molecular weight is 309 g/mol. The van der Waals surface area contributed by atoms with Crippen LogP contribution in [-0.4, -0.2) is 46.9 Å². The molecule has 1 aromatic carbocycles. The third-order valence-electron chi connectivity index (χ3n) is 4.60. The van der Waals surface area contributed by atoms with E-state index in [1.54, 1.807) is 6.20 Å². The minimum atomic E-state index is 0.132. The molecule has 0 bridgehead atoms. The van der Waals surface area contributed by atoms with Crippen LogP contribution in [0.1, 0.15) is 27.2 Å². The molecule has 2 heterocycles. The molecule has 0 saturated carbocycles. The SMILES string of the molecule is Cc1nccc(C(=O)N2CCN(Cc3ccccc3)CC2)c1C. The predicted molar refractivity (Wildman–Crippen MR) is 91.3 cm³/mol. The number of hydrogen-bond acceptors (Lipinski definition) is 3. The molecule has 1 aromatic heterocycles. The van der Waals surface area contributed by atoms with Crippen molar-refractivity contribution < 1.29 is 4.79 Å². The van der Waals surface area contributed by atoms with E-state index in [-0.39, 0.29) is 5.91 Å². The fourth-order valence-corrected chi connectivity index (χ4v) is 2.99. The lowest BCUT2D eigenvalue weighted by molar-refractivity contribution is 0.0627. The highest BCUT2D eigenvalue weighted by Crippen LogP contribution is 2.15. The molecule has 0 atom stereocenters. The van der Waals surface area contributed by atoms with Gasteiger partial charge in [0.25, 0.3) is 5.91 Å². The molecular weight excluding hydrogens is 286 g/mol. The van der Waals surface area contributed by atoms with Crippen LogP contribution in [-0.2, 0) is 6.54 Å². The second kappa shape index (κ2) is 6.92. The largest absolute Gasteiger partial charge is 0.336 e. The van der Waals surface area contributed by atoms with Crippen molar-refractivity contribution in [1.82, 2.24) is 14.8 Å².